The molecule has 0 bridgehead atoms. The van der Waals surface area contributed by atoms with Crippen molar-refractivity contribution in [2.24, 2.45) is 0 Å². The van der Waals surface area contributed by atoms with Gasteiger partial charge in [0, 0.05) is 23.7 Å². The summed E-state index contributed by atoms with van der Waals surface area (Å²) < 4.78 is 0. The third-order valence-electron chi connectivity index (χ3n) is 3.65. The van der Waals surface area contributed by atoms with Gasteiger partial charge < -0.3 is 10.3 Å². The molecule has 0 fully saturated rings. The molecule has 4 aromatic rings. The number of benzene rings is 1. The van der Waals surface area contributed by atoms with Gasteiger partial charge in [0.05, 0.1) is 11.9 Å². The van der Waals surface area contributed by atoms with E-state index in [4.69, 9.17) is 0 Å². The molecule has 0 saturated heterocycles. The van der Waals surface area contributed by atoms with Gasteiger partial charge >= 0.3 is 0 Å². The number of nitrogens with one attached hydrogen (secondary N) is 3. The Hall–Kier alpha value is -3.08. The van der Waals surface area contributed by atoms with Crippen LogP contribution in [0.4, 0.5) is 5.82 Å². The molecule has 3 heterocycles. The first-order valence-corrected chi connectivity index (χ1v) is 7.16. The predicted octanol–water partition coefficient (Wildman–Crippen LogP) is 3.57. The molecule has 0 saturated carbocycles. The second-order valence-electron chi connectivity index (χ2n) is 5.10. The van der Waals surface area contributed by atoms with Crippen LogP contribution in [0.2, 0.25) is 0 Å². The molecule has 5 nitrogen and oxygen atoms in total. The van der Waals surface area contributed by atoms with E-state index in [0.29, 0.717) is 6.54 Å². The molecule has 0 aliphatic carbocycles. The number of anilines is 1. The van der Waals surface area contributed by atoms with E-state index < -0.39 is 0 Å². The summed E-state index contributed by atoms with van der Waals surface area (Å²) in [5, 5.41) is 11.7. The molecule has 0 radical (unpaired) electrons. The van der Waals surface area contributed by atoms with Crippen molar-refractivity contribution in [2.45, 2.75) is 6.54 Å². The first kappa shape index (κ1) is 12.6. The van der Waals surface area contributed by atoms with Gasteiger partial charge in [-0.15, -0.1) is 0 Å². The van der Waals surface area contributed by atoms with Crippen LogP contribution < -0.4 is 5.32 Å². The van der Waals surface area contributed by atoms with Gasteiger partial charge in [-0.25, -0.2) is 4.98 Å². The van der Waals surface area contributed by atoms with Crippen molar-refractivity contribution in [3.05, 3.63) is 66.5 Å². The van der Waals surface area contributed by atoms with Gasteiger partial charge in [0.2, 0.25) is 0 Å². The second-order valence-corrected chi connectivity index (χ2v) is 5.10. The Balaban J connectivity index is 1.56. The van der Waals surface area contributed by atoms with Crippen LogP contribution in [-0.4, -0.2) is 20.2 Å². The Morgan fingerprint density at radius 3 is 2.82 bits per heavy atom. The molecule has 3 N–H and O–H groups in total. The largest absolute Gasteiger partial charge is 0.366 e. The van der Waals surface area contributed by atoms with Crippen molar-refractivity contribution in [1.29, 1.82) is 0 Å². The van der Waals surface area contributed by atoms with Gasteiger partial charge in [0.25, 0.3) is 0 Å². The van der Waals surface area contributed by atoms with Crippen LogP contribution in [0.5, 0.6) is 0 Å². The van der Waals surface area contributed by atoms with Gasteiger partial charge in [-0.2, -0.15) is 5.10 Å². The fraction of sp³-hybridized carbons (Fsp3) is 0.0588. The zero-order valence-electron chi connectivity index (χ0n) is 11.9. The van der Waals surface area contributed by atoms with Crippen molar-refractivity contribution >= 4 is 16.9 Å². The third-order valence-corrected chi connectivity index (χ3v) is 3.65. The highest BCUT2D eigenvalue weighted by molar-refractivity contribution is 5.77. The van der Waals surface area contributed by atoms with Gasteiger partial charge in [-0.1, -0.05) is 30.3 Å². The quantitative estimate of drug-likeness (QED) is 0.538. The molecule has 0 unspecified atom stereocenters. The van der Waals surface area contributed by atoms with Gasteiger partial charge in [0.1, 0.15) is 11.5 Å². The zero-order chi connectivity index (χ0) is 14.8. The standard InChI is InChI=1S/C17H15N5/c1-2-4-12(5-3-1)16-14(11-20-22-16)10-19-15-7-6-13-8-9-18-17(13)21-15/h1-9,11H,10H2,(H,20,22)(H2,18,19,21). The molecule has 22 heavy (non-hydrogen) atoms. The van der Waals surface area contributed by atoms with Crippen LogP contribution >= 0.6 is 0 Å². The fourth-order valence-electron chi connectivity index (χ4n) is 2.51. The number of rotatable bonds is 4. The highest BCUT2D eigenvalue weighted by Gasteiger charge is 2.07. The maximum Gasteiger partial charge on any atom is 0.139 e. The Labute approximate surface area is 127 Å². The topological polar surface area (TPSA) is 69.4 Å². The minimum absolute atomic E-state index is 0.667. The van der Waals surface area contributed by atoms with Crippen molar-refractivity contribution in [3.63, 3.8) is 0 Å². The minimum Gasteiger partial charge on any atom is -0.366 e. The molecule has 5 heteroatoms. The van der Waals surface area contributed by atoms with Crippen LogP contribution in [0.1, 0.15) is 5.56 Å². The summed E-state index contributed by atoms with van der Waals surface area (Å²) in [5.74, 6) is 0.843. The molecule has 0 amide bonds. The monoisotopic (exact) mass is 289 g/mol. The van der Waals surface area contributed by atoms with Gasteiger partial charge in [-0.05, 0) is 23.8 Å². The third kappa shape index (κ3) is 2.33. The van der Waals surface area contributed by atoms with Gasteiger partial charge in [-0.3, -0.25) is 5.10 Å². The molecule has 1 aromatic carbocycles. The van der Waals surface area contributed by atoms with E-state index in [2.05, 4.69) is 43.7 Å². The maximum atomic E-state index is 4.54. The summed E-state index contributed by atoms with van der Waals surface area (Å²) in [4.78, 5) is 7.66. The van der Waals surface area contributed by atoms with Crippen molar-refractivity contribution in [3.8, 4) is 11.3 Å². The summed E-state index contributed by atoms with van der Waals surface area (Å²) in [7, 11) is 0. The number of nitrogens with zero attached hydrogens (tertiary/aromatic N) is 2. The summed E-state index contributed by atoms with van der Waals surface area (Å²) in [5.41, 5.74) is 4.17. The minimum atomic E-state index is 0.667. The zero-order valence-corrected chi connectivity index (χ0v) is 11.9. The van der Waals surface area contributed by atoms with Gasteiger partial charge in [0.15, 0.2) is 0 Å². The summed E-state index contributed by atoms with van der Waals surface area (Å²) in [6.45, 7) is 0.667. The second kappa shape index (κ2) is 5.37. The van der Waals surface area contributed by atoms with Crippen LogP contribution in [0, 0.1) is 0 Å². The highest BCUT2D eigenvalue weighted by Crippen LogP contribution is 2.21. The number of hydrogen-bond donors (Lipinski definition) is 3. The molecule has 0 atom stereocenters. The van der Waals surface area contributed by atoms with Crippen LogP contribution in [-0.2, 0) is 6.54 Å². The van der Waals surface area contributed by atoms with Crippen LogP contribution in [0.3, 0.4) is 0 Å². The van der Waals surface area contributed by atoms with Crippen molar-refractivity contribution in [1.82, 2.24) is 20.2 Å². The number of aromatic nitrogens is 4. The molecular weight excluding hydrogens is 274 g/mol. The van der Waals surface area contributed by atoms with E-state index in [0.717, 1.165) is 33.7 Å². The molecule has 0 spiro atoms. The summed E-state index contributed by atoms with van der Waals surface area (Å²) in [6, 6.07) is 16.2. The Morgan fingerprint density at radius 1 is 1.00 bits per heavy atom. The van der Waals surface area contributed by atoms with E-state index in [1.54, 1.807) is 0 Å². The number of aromatic amines is 2. The van der Waals surface area contributed by atoms with E-state index in [-0.39, 0.29) is 0 Å². The average molecular weight is 289 g/mol. The Morgan fingerprint density at radius 2 is 1.91 bits per heavy atom. The smallest absolute Gasteiger partial charge is 0.139 e. The average Bonchev–Trinajstić information content (AvgIpc) is 3.22. The summed E-state index contributed by atoms with van der Waals surface area (Å²) >= 11 is 0. The molecule has 108 valence electrons. The highest BCUT2D eigenvalue weighted by atomic mass is 15.1. The van der Waals surface area contributed by atoms with Crippen LogP contribution in [0.25, 0.3) is 22.3 Å². The predicted molar refractivity (Wildman–Crippen MR) is 87.4 cm³/mol. The first-order chi connectivity index (χ1) is 10.9. The molecule has 0 aliphatic rings. The lowest BCUT2D eigenvalue weighted by molar-refractivity contribution is 1.09. The molecule has 0 aliphatic heterocycles. The number of pyridine rings is 1. The van der Waals surface area contributed by atoms with E-state index in [1.807, 2.05) is 42.7 Å². The Kier molecular flexibility index (Phi) is 3.08. The number of hydrogen-bond acceptors (Lipinski definition) is 3. The molecule has 3 aromatic heterocycles. The number of H-pyrrole nitrogens is 2. The molecule has 4 rings (SSSR count). The SMILES string of the molecule is c1ccc(-c2[nH]ncc2CNc2ccc3cc[nH]c3n2)cc1. The normalized spacial score (nSPS) is 10.9. The lowest BCUT2D eigenvalue weighted by atomic mass is 10.1. The van der Waals surface area contributed by atoms with Crippen LogP contribution in [0.15, 0.2) is 60.9 Å². The number of fused-ring (bicyclic) bond motifs is 1. The van der Waals surface area contributed by atoms with E-state index in [9.17, 15) is 0 Å². The molecular formula is C17H15N5. The fourth-order valence-corrected chi connectivity index (χ4v) is 2.51. The lowest BCUT2D eigenvalue weighted by Gasteiger charge is -2.06. The Bertz CT molecular complexity index is 891. The van der Waals surface area contributed by atoms with Crippen molar-refractivity contribution in [2.75, 3.05) is 5.32 Å². The van der Waals surface area contributed by atoms with E-state index in [1.165, 1.54) is 0 Å². The van der Waals surface area contributed by atoms with Crippen molar-refractivity contribution < 1.29 is 0 Å². The lowest BCUT2D eigenvalue weighted by Crippen LogP contribution is -2.01. The maximum absolute atomic E-state index is 4.54. The van der Waals surface area contributed by atoms with E-state index >= 15 is 0 Å². The summed E-state index contributed by atoms with van der Waals surface area (Å²) in [6.07, 6.45) is 3.74. The first-order valence-electron chi connectivity index (χ1n) is 7.16.